The number of nitrogens with zero attached hydrogens (tertiary/aromatic N) is 2. The first-order valence-corrected chi connectivity index (χ1v) is 6.16. The Labute approximate surface area is 113 Å². The van der Waals surface area contributed by atoms with Gasteiger partial charge in [-0.25, -0.2) is 10.4 Å². The van der Waals surface area contributed by atoms with Crippen molar-refractivity contribution in [3.63, 3.8) is 0 Å². The van der Waals surface area contributed by atoms with Crippen molar-refractivity contribution in [1.82, 2.24) is 15.0 Å². The van der Waals surface area contributed by atoms with Gasteiger partial charge >= 0.3 is 0 Å². The monoisotopic (exact) mass is 260 g/mol. The van der Waals surface area contributed by atoms with Gasteiger partial charge in [-0.15, -0.1) is 0 Å². The van der Waals surface area contributed by atoms with Crippen LogP contribution in [0.4, 0.5) is 0 Å². The summed E-state index contributed by atoms with van der Waals surface area (Å²) in [6, 6.07) is 3.91. The van der Waals surface area contributed by atoms with Crippen molar-refractivity contribution >= 4 is 0 Å². The van der Waals surface area contributed by atoms with E-state index in [-0.39, 0.29) is 6.04 Å². The normalized spacial score (nSPS) is 12.5. The summed E-state index contributed by atoms with van der Waals surface area (Å²) in [7, 11) is 3.61. The lowest BCUT2D eigenvalue weighted by Crippen LogP contribution is -2.29. The van der Waals surface area contributed by atoms with Crippen LogP contribution in [-0.4, -0.2) is 16.7 Å². The smallest absolute Gasteiger partial charge is 0.127 e. The number of hydrazine groups is 1. The van der Waals surface area contributed by atoms with Gasteiger partial charge in [-0.05, 0) is 25.0 Å². The minimum Gasteiger partial charge on any atom is -0.496 e. The number of aromatic nitrogens is 2. The molecular weight excluding hydrogens is 240 g/mol. The molecule has 0 bridgehead atoms. The zero-order valence-electron chi connectivity index (χ0n) is 11.8. The van der Waals surface area contributed by atoms with Crippen LogP contribution in [0.25, 0.3) is 0 Å². The number of benzene rings is 1. The molecule has 0 aliphatic carbocycles. The number of nitrogens with one attached hydrogen (secondary N) is 1. The van der Waals surface area contributed by atoms with Crippen LogP contribution in [0.3, 0.4) is 0 Å². The average Bonchev–Trinajstić information content (AvgIpc) is 2.81. The van der Waals surface area contributed by atoms with Crippen LogP contribution in [0.1, 0.15) is 28.4 Å². The van der Waals surface area contributed by atoms with Crippen molar-refractivity contribution in [3.05, 3.63) is 47.0 Å². The Morgan fingerprint density at radius 1 is 1.37 bits per heavy atom. The van der Waals surface area contributed by atoms with Gasteiger partial charge in [-0.3, -0.25) is 5.84 Å². The van der Waals surface area contributed by atoms with Gasteiger partial charge in [0.2, 0.25) is 0 Å². The molecule has 0 fully saturated rings. The van der Waals surface area contributed by atoms with Crippen LogP contribution in [-0.2, 0) is 7.05 Å². The number of ether oxygens (including phenoxy) is 1. The van der Waals surface area contributed by atoms with Gasteiger partial charge in [0.05, 0.1) is 25.2 Å². The van der Waals surface area contributed by atoms with E-state index in [1.165, 1.54) is 5.56 Å². The lowest BCUT2D eigenvalue weighted by Gasteiger charge is -2.20. The van der Waals surface area contributed by atoms with E-state index in [1.807, 2.05) is 30.8 Å². The molecule has 0 aliphatic heterocycles. The van der Waals surface area contributed by atoms with Crippen molar-refractivity contribution < 1.29 is 4.74 Å². The highest BCUT2D eigenvalue weighted by molar-refractivity contribution is 5.48. The van der Waals surface area contributed by atoms with Gasteiger partial charge in [0, 0.05) is 18.8 Å². The maximum Gasteiger partial charge on any atom is 0.127 e. The number of aryl methyl sites for hydroxylation is 2. The second kappa shape index (κ2) is 5.42. The molecule has 102 valence electrons. The van der Waals surface area contributed by atoms with Crippen LogP contribution in [0.15, 0.2) is 24.7 Å². The summed E-state index contributed by atoms with van der Waals surface area (Å²) in [5.41, 5.74) is 6.99. The quantitative estimate of drug-likeness (QED) is 0.647. The molecule has 5 heteroatoms. The second-order valence-corrected chi connectivity index (χ2v) is 4.69. The van der Waals surface area contributed by atoms with E-state index in [2.05, 4.69) is 23.4 Å². The zero-order chi connectivity index (χ0) is 14.0. The number of hydrogen-bond donors (Lipinski definition) is 2. The van der Waals surface area contributed by atoms with Crippen molar-refractivity contribution in [2.75, 3.05) is 7.11 Å². The maximum atomic E-state index is 5.70. The minimum absolute atomic E-state index is 0.185. The van der Waals surface area contributed by atoms with Gasteiger partial charge < -0.3 is 9.30 Å². The molecule has 0 saturated heterocycles. The van der Waals surface area contributed by atoms with Gasteiger partial charge in [-0.1, -0.05) is 12.1 Å². The molecule has 1 aromatic carbocycles. The molecule has 0 radical (unpaired) electrons. The molecule has 3 N–H and O–H groups in total. The molecule has 2 rings (SSSR count). The minimum atomic E-state index is -0.185. The fourth-order valence-corrected chi connectivity index (χ4v) is 2.23. The Kier molecular flexibility index (Phi) is 3.87. The fourth-order valence-electron chi connectivity index (χ4n) is 2.23. The van der Waals surface area contributed by atoms with E-state index in [9.17, 15) is 0 Å². The zero-order valence-corrected chi connectivity index (χ0v) is 11.8. The molecule has 1 heterocycles. The summed E-state index contributed by atoms with van der Waals surface area (Å²) in [6.45, 7) is 4.11. The molecule has 0 saturated carbocycles. The van der Waals surface area contributed by atoms with Crippen LogP contribution < -0.4 is 16.0 Å². The van der Waals surface area contributed by atoms with E-state index in [4.69, 9.17) is 10.6 Å². The van der Waals surface area contributed by atoms with Crippen LogP contribution in [0, 0.1) is 13.8 Å². The lowest BCUT2D eigenvalue weighted by molar-refractivity contribution is 0.400. The molecule has 5 nitrogen and oxygen atoms in total. The summed E-state index contributed by atoms with van der Waals surface area (Å²) in [5.74, 6) is 6.56. The van der Waals surface area contributed by atoms with E-state index in [0.717, 1.165) is 22.6 Å². The molecule has 1 unspecified atom stereocenters. The second-order valence-electron chi connectivity index (χ2n) is 4.69. The summed E-state index contributed by atoms with van der Waals surface area (Å²) in [6.07, 6.45) is 3.70. The van der Waals surface area contributed by atoms with Gasteiger partial charge in [-0.2, -0.15) is 0 Å². The molecule has 2 aromatic rings. The highest BCUT2D eigenvalue weighted by Gasteiger charge is 2.20. The topological polar surface area (TPSA) is 65.1 Å². The number of methoxy groups -OCH3 is 1. The number of hydrogen-bond acceptors (Lipinski definition) is 4. The summed E-state index contributed by atoms with van der Waals surface area (Å²) < 4.78 is 7.43. The summed E-state index contributed by atoms with van der Waals surface area (Å²) in [4.78, 5) is 4.36. The van der Waals surface area contributed by atoms with E-state index >= 15 is 0 Å². The lowest BCUT2D eigenvalue weighted by atomic mass is 9.98. The molecule has 0 amide bonds. The van der Waals surface area contributed by atoms with Crippen LogP contribution in [0.5, 0.6) is 5.75 Å². The predicted molar refractivity (Wildman–Crippen MR) is 74.8 cm³/mol. The van der Waals surface area contributed by atoms with Crippen LogP contribution in [0.2, 0.25) is 0 Å². The molecule has 1 aromatic heterocycles. The summed E-state index contributed by atoms with van der Waals surface area (Å²) in [5, 5.41) is 0. The third-order valence-corrected chi connectivity index (χ3v) is 3.41. The highest BCUT2D eigenvalue weighted by Crippen LogP contribution is 2.33. The SMILES string of the molecule is COc1c(C(NN)c2cn(C)cn2)ccc(C)c1C. The van der Waals surface area contributed by atoms with E-state index in [0.29, 0.717) is 0 Å². The van der Waals surface area contributed by atoms with Gasteiger partial charge in [0.15, 0.2) is 0 Å². The average molecular weight is 260 g/mol. The number of nitrogens with two attached hydrogens (primary N) is 1. The first kappa shape index (κ1) is 13.6. The Bertz CT molecular complexity index is 577. The largest absolute Gasteiger partial charge is 0.496 e. The van der Waals surface area contributed by atoms with Crippen LogP contribution >= 0.6 is 0 Å². The van der Waals surface area contributed by atoms with E-state index in [1.54, 1.807) is 13.4 Å². The van der Waals surface area contributed by atoms with Crippen molar-refractivity contribution in [2.45, 2.75) is 19.9 Å². The molecular formula is C14H20N4O. The number of rotatable bonds is 4. The molecule has 1 atom stereocenters. The fraction of sp³-hybridized carbons (Fsp3) is 0.357. The third kappa shape index (κ3) is 2.47. The molecule has 19 heavy (non-hydrogen) atoms. The maximum absolute atomic E-state index is 5.70. The first-order valence-electron chi connectivity index (χ1n) is 6.16. The standard InChI is InChI=1S/C14H20N4O/c1-9-5-6-11(14(19-4)10(9)2)13(17-15)12-7-18(3)8-16-12/h5-8,13,17H,15H2,1-4H3. The molecule has 0 spiro atoms. The van der Waals surface area contributed by atoms with Crippen molar-refractivity contribution in [1.29, 1.82) is 0 Å². The third-order valence-electron chi connectivity index (χ3n) is 3.41. The Morgan fingerprint density at radius 3 is 2.63 bits per heavy atom. The molecule has 0 aliphatic rings. The predicted octanol–water partition coefficient (Wildman–Crippen LogP) is 1.60. The van der Waals surface area contributed by atoms with Crippen molar-refractivity contribution in [3.8, 4) is 5.75 Å². The van der Waals surface area contributed by atoms with Gasteiger partial charge in [0.25, 0.3) is 0 Å². The Morgan fingerprint density at radius 2 is 2.11 bits per heavy atom. The van der Waals surface area contributed by atoms with E-state index < -0.39 is 0 Å². The number of imidazole rings is 1. The Hall–Kier alpha value is -1.85. The first-order chi connectivity index (χ1) is 9.08. The Balaban J connectivity index is 2.52. The van der Waals surface area contributed by atoms with Gasteiger partial charge in [0.1, 0.15) is 5.75 Å². The van der Waals surface area contributed by atoms with Crippen molar-refractivity contribution in [2.24, 2.45) is 12.9 Å². The summed E-state index contributed by atoms with van der Waals surface area (Å²) >= 11 is 0. The highest BCUT2D eigenvalue weighted by atomic mass is 16.5.